The largest absolute Gasteiger partial charge is 0.478 e. The molecular weight excluding hydrogens is 304 g/mol. The Morgan fingerprint density at radius 2 is 1.50 bits per heavy atom. The van der Waals surface area contributed by atoms with Crippen LogP contribution in [0.5, 0.6) is 0 Å². The van der Waals surface area contributed by atoms with Crippen molar-refractivity contribution in [3.8, 4) is 0 Å². The van der Waals surface area contributed by atoms with E-state index in [4.69, 9.17) is 10.2 Å². The Labute approximate surface area is 143 Å². The van der Waals surface area contributed by atoms with E-state index in [0.29, 0.717) is 17.1 Å². The number of rotatable bonds is 6. The summed E-state index contributed by atoms with van der Waals surface area (Å²) in [6.07, 6.45) is 11.6. The Kier molecular flexibility index (Phi) is 4.58. The van der Waals surface area contributed by atoms with Gasteiger partial charge in [0.05, 0.1) is 0 Å². The SMILES string of the molecule is CC(=CCC1(CC=C(C)C(=O)O)CCC2C3CCC(C3)C21)C(=O)O. The van der Waals surface area contributed by atoms with Gasteiger partial charge in [0.1, 0.15) is 0 Å². The number of hydrogen-bond acceptors (Lipinski definition) is 2. The lowest BCUT2D eigenvalue weighted by atomic mass is 9.65. The van der Waals surface area contributed by atoms with Crippen LogP contribution in [-0.2, 0) is 9.59 Å². The van der Waals surface area contributed by atoms with Gasteiger partial charge in [-0.15, -0.1) is 0 Å². The van der Waals surface area contributed by atoms with E-state index in [-0.39, 0.29) is 5.41 Å². The highest BCUT2D eigenvalue weighted by molar-refractivity contribution is 5.86. The molecule has 0 aromatic carbocycles. The summed E-state index contributed by atoms with van der Waals surface area (Å²) in [5.74, 6) is 1.33. The van der Waals surface area contributed by atoms with Crippen LogP contribution < -0.4 is 0 Å². The van der Waals surface area contributed by atoms with Gasteiger partial charge in [-0.05, 0) is 87.9 Å². The fourth-order valence-corrected chi connectivity index (χ4v) is 5.85. The fourth-order valence-electron chi connectivity index (χ4n) is 5.85. The highest BCUT2D eigenvalue weighted by atomic mass is 16.4. The molecule has 3 saturated carbocycles. The van der Waals surface area contributed by atoms with E-state index in [1.165, 1.54) is 25.7 Å². The van der Waals surface area contributed by atoms with Crippen LogP contribution in [0, 0.1) is 29.1 Å². The third kappa shape index (κ3) is 2.91. The first-order valence-corrected chi connectivity index (χ1v) is 9.14. The number of aliphatic carboxylic acids is 2. The van der Waals surface area contributed by atoms with Crippen molar-refractivity contribution in [2.24, 2.45) is 29.1 Å². The van der Waals surface area contributed by atoms with E-state index in [0.717, 1.165) is 37.0 Å². The Morgan fingerprint density at radius 1 is 0.958 bits per heavy atom. The molecule has 0 aliphatic heterocycles. The molecule has 2 bridgehead atoms. The van der Waals surface area contributed by atoms with E-state index in [9.17, 15) is 9.59 Å². The van der Waals surface area contributed by atoms with Crippen molar-refractivity contribution in [3.63, 3.8) is 0 Å². The average Bonchev–Trinajstić information content (AvgIpc) is 3.23. The molecule has 3 aliphatic carbocycles. The third-order valence-electron chi connectivity index (χ3n) is 7.08. The van der Waals surface area contributed by atoms with Gasteiger partial charge >= 0.3 is 11.9 Å². The average molecular weight is 332 g/mol. The molecule has 0 radical (unpaired) electrons. The molecule has 2 N–H and O–H groups in total. The highest BCUT2D eigenvalue weighted by Gasteiger charge is 2.58. The zero-order valence-corrected chi connectivity index (χ0v) is 14.6. The number of allylic oxidation sites excluding steroid dienone is 2. The molecule has 132 valence electrons. The molecule has 4 unspecified atom stereocenters. The quantitative estimate of drug-likeness (QED) is 0.712. The number of fused-ring (bicyclic) bond motifs is 5. The zero-order chi connectivity index (χ0) is 17.5. The maximum Gasteiger partial charge on any atom is 0.330 e. The summed E-state index contributed by atoms with van der Waals surface area (Å²) in [5.41, 5.74) is 0.859. The molecule has 4 nitrogen and oxygen atoms in total. The summed E-state index contributed by atoms with van der Waals surface area (Å²) < 4.78 is 0. The highest BCUT2D eigenvalue weighted by Crippen LogP contribution is 2.67. The molecule has 0 aromatic heterocycles. The fraction of sp³-hybridized carbons (Fsp3) is 0.700. The monoisotopic (exact) mass is 332 g/mol. The molecule has 3 fully saturated rings. The van der Waals surface area contributed by atoms with Gasteiger partial charge in [-0.2, -0.15) is 0 Å². The van der Waals surface area contributed by atoms with Crippen molar-refractivity contribution in [2.75, 3.05) is 0 Å². The van der Waals surface area contributed by atoms with Crippen LogP contribution in [0.2, 0.25) is 0 Å². The van der Waals surface area contributed by atoms with Crippen molar-refractivity contribution < 1.29 is 19.8 Å². The summed E-state index contributed by atoms with van der Waals surface area (Å²) in [6.45, 7) is 3.31. The van der Waals surface area contributed by atoms with Gasteiger partial charge in [-0.3, -0.25) is 0 Å². The van der Waals surface area contributed by atoms with Gasteiger partial charge in [0.2, 0.25) is 0 Å². The van der Waals surface area contributed by atoms with E-state index < -0.39 is 11.9 Å². The molecule has 3 rings (SSSR count). The van der Waals surface area contributed by atoms with Crippen LogP contribution in [0.4, 0.5) is 0 Å². The minimum atomic E-state index is -0.857. The Morgan fingerprint density at radius 3 is 2.04 bits per heavy atom. The molecule has 0 saturated heterocycles. The van der Waals surface area contributed by atoms with Gasteiger partial charge in [-0.1, -0.05) is 12.2 Å². The van der Waals surface area contributed by atoms with Gasteiger partial charge < -0.3 is 10.2 Å². The molecule has 24 heavy (non-hydrogen) atoms. The van der Waals surface area contributed by atoms with Crippen molar-refractivity contribution in [1.82, 2.24) is 0 Å². The number of carbonyl (C=O) groups is 2. The van der Waals surface area contributed by atoms with Crippen molar-refractivity contribution in [1.29, 1.82) is 0 Å². The second-order valence-corrected chi connectivity index (χ2v) is 8.22. The number of carboxylic acid groups (broad SMARTS) is 2. The predicted molar refractivity (Wildman–Crippen MR) is 91.5 cm³/mol. The molecule has 4 heteroatoms. The standard InChI is InChI=1S/C20H28O4/c1-12(18(21)22)5-8-20(9-6-13(2)19(23)24)10-7-16-14-3-4-15(11-14)17(16)20/h5-6,14-17H,3-4,7-11H2,1-2H3,(H,21,22)(H,23,24). The summed E-state index contributed by atoms with van der Waals surface area (Å²) in [4.78, 5) is 22.3. The van der Waals surface area contributed by atoms with E-state index in [1.807, 2.05) is 12.2 Å². The van der Waals surface area contributed by atoms with E-state index >= 15 is 0 Å². The van der Waals surface area contributed by atoms with Crippen molar-refractivity contribution in [3.05, 3.63) is 23.3 Å². The Bertz CT molecular complexity index is 569. The second-order valence-electron chi connectivity index (χ2n) is 8.22. The van der Waals surface area contributed by atoms with E-state index in [2.05, 4.69) is 0 Å². The Balaban J connectivity index is 1.87. The number of carboxylic acids is 2. The normalized spacial score (nSPS) is 38.4. The van der Waals surface area contributed by atoms with Gasteiger partial charge in [0, 0.05) is 11.1 Å². The first-order valence-electron chi connectivity index (χ1n) is 9.14. The summed E-state index contributed by atoms with van der Waals surface area (Å²) >= 11 is 0. The molecule has 0 heterocycles. The topological polar surface area (TPSA) is 74.6 Å². The maximum atomic E-state index is 11.2. The van der Waals surface area contributed by atoms with Gasteiger partial charge in [-0.25, -0.2) is 9.59 Å². The summed E-state index contributed by atoms with van der Waals surface area (Å²) in [7, 11) is 0. The maximum absolute atomic E-state index is 11.2. The second kappa shape index (κ2) is 6.38. The van der Waals surface area contributed by atoms with Crippen LogP contribution >= 0.6 is 0 Å². The summed E-state index contributed by atoms with van der Waals surface area (Å²) in [6, 6.07) is 0. The molecule has 0 aromatic rings. The lowest BCUT2D eigenvalue weighted by molar-refractivity contribution is -0.133. The first kappa shape index (κ1) is 17.2. The zero-order valence-electron chi connectivity index (χ0n) is 14.6. The predicted octanol–water partition coefficient (Wildman–Crippen LogP) is 4.27. The van der Waals surface area contributed by atoms with Crippen LogP contribution in [0.1, 0.15) is 58.8 Å². The van der Waals surface area contributed by atoms with Gasteiger partial charge in [0.15, 0.2) is 0 Å². The van der Waals surface area contributed by atoms with Crippen LogP contribution in [0.3, 0.4) is 0 Å². The lowest BCUT2D eigenvalue weighted by Gasteiger charge is -2.39. The third-order valence-corrected chi connectivity index (χ3v) is 7.08. The van der Waals surface area contributed by atoms with E-state index in [1.54, 1.807) is 13.8 Å². The molecule has 0 spiro atoms. The van der Waals surface area contributed by atoms with Crippen LogP contribution in [0.25, 0.3) is 0 Å². The lowest BCUT2D eigenvalue weighted by Crippen LogP contribution is -2.32. The molecular formula is C20H28O4. The smallest absolute Gasteiger partial charge is 0.330 e. The molecule has 4 atom stereocenters. The summed E-state index contributed by atoms with van der Waals surface area (Å²) in [5, 5.41) is 18.3. The van der Waals surface area contributed by atoms with Crippen LogP contribution in [0.15, 0.2) is 23.3 Å². The van der Waals surface area contributed by atoms with Gasteiger partial charge in [0.25, 0.3) is 0 Å². The minimum absolute atomic E-state index is 0.0535. The Hall–Kier alpha value is -1.58. The molecule has 0 amide bonds. The minimum Gasteiger partial charge on any atom is -0.478 e. The van der Waals surface area contributed by atoms with Crippen LogP contribution in [-0.4, -0.2) is 22.2 Å². The first-order chi connectivity index (χ1) is 11.3. The van der Waals surface area contributed by atoms with Crippen molar-refractivity contribution >= 4 is 11.9 Å². The number of hydrogen-bond donors (Lipinski definition) is 2. The molecule has 3 aliphatic rings. The van der Waals surface area contributed by atoms with Crippen molar-refractivity contribution in [2.45, 2.75) is 58.8 Å².